The smallest absolute Gasteiger partial charge is 0.332 e. The molecule has 0 aliphatic rings. The van der Waals surface area contributed by atoms with Crippen molar-refractivity contribution in [2.45, 2.75) is 19.9 Å². The summed E-state index contributed by atoms with van der Waals surface area (Å²) in [6.45, 7) is 4.04. The number of nitrogens with one attached hydrogen (secondary N) is 2. The van der Waals surface area contributed by atoms with E-state index in [1.165, 1.54) is 11.8 Å². The Bertz CT molecular complexity index is 488. The van der Waals surface area contributed by atoms with Gasteiger partial charge in [-0.25, -0.2) is 10.2 Å². The van der Waals surface area contributed by atoms with Crippen LogP contribution in [0.1, 0.15) is 19.4 Å². The largest absolute Gasteiger partial charge is 0.369 e. The Hall–Kier alpha value is -1.60. The summed E-state index contributed by atoms with van der Waals surface area (Å²) in [5.41, 5.74) is 8.93. The first-order chi connectivity index (χ1) is 9.49. The summed E-state index contributed by atoms with van der Waals surface area (Å²) in [7, 11) is 0. The van der Waals surface area contributed by atoms with E-state index in [1.54, 1.807) is 0 Å². The lowest BCUT2D eigenvalue weighted by molar-refractivity contribution is 0.249. The van der Waals surface area contributed by atoms with E-state index in [4.69, 9.17) is 18.0 Å². The normalized spacial score (nSPS) is 11.2. The molecular weight excluding hydrogens is 292 g/mol. The van der Waals surface area contributed by atoms with Crippen LogP contribution in [0.4, 0.5) is 4.79 Å². The molecule has 0 aromatic heterocycles. The maximum absolute atomic E-state index is 10.8. The maximum Gasteiger partial charge on any atom is 0.332 e. The van der Waals surface area contributed by atoms with Crippen molar-refractivity contribution < 1.29 is 4.79 Å². The van der Waals surface area contributed by atoms with Gasteiger partial charge in [0.1, 0.15) is 4.32 Å². The number of nitrogens with zero attached hydrogens (tertiary/aromatic N) is 1. The van der Waals surface area contributed by atoms with Crippen molar-refractivity contribution in [3.8, 4) is 0 Å². The van der Waals surface area contributed by atoms with E-state index in [0.29, 0.717) is 15.8 Å². The maximum atomic E-state index is 10.8. The van der Waals surface area contributed by atoms with E-state index in [1.807, 2.05) is 44.2 Å². The van der Waals surface area contributed by atoms with Gasteiger partial charge < -0.3 is 11.1 Å². The molecule has 4 N–H and O–H groups in total. The van der Waals surface area contributed by atoms with Crippen molar-refractivity contribution >= 4 is 40.0 Å². The first-order valence-corrected chi connectivity index (χ1v) is 7.49. The molecule has 0 aliphatic heterocycles. The third-order valence-corrected chi connectivity index (χ3v) is 3.42. The van der Waals surface area contributed by atoms with Crippen molar-refractivity contribution in [1.29, 1.82) is 0 Å². The van der Waals surface area contributed by atoms with Crippen LogP contribution in [0.25, 0.3) is 0 Å². The molecule has 0 saturated carbocycles. The first-order valence-electron chi connectivity index (χ1n) is 6.09. The summed E-state index contributed by atoms with van der Waals surface area (Å²) in [6.07, 6.45) is 0. The number of amides is 2. The van der Waals surface area contributed by atoms with Crippen molar-refractivity contribution in [3.63, 3.8) is 0 Å². The fourth-order valence-corrected chi connectivity index (χ4v) is 2.58. The highest BCUT2D eigenvalue weighted by Gasteiger charge is 2.07. The van der Waals surface area contributed by atoms with Gasteiger partial charge in [-0.3, -0.25) is 0 Å². The summed E-state index contributed by atoms with van der Waals surface area (Å²) < 4.78 is 0.697. The number of hydrazone groups is 1. The highest BCUT2D eigenvalue weighted by Crippen LogP contribution is 2.09. The minimum absolute atomic E-state index is 0.288. The number of benzene rings is 1. The molecule has 1 rings (SSSR count). The molecule has 0 heterocycles. The zero-order valence-electron chi connectivity index (χ0n) is 11.4. The lowest BCUT2D eigenvalue weighted by Gasteiger charge is -2.11. The van der Waals surface area contributed by atoms with Crippen molar-refractivity contribution in [2.24, 2.45) is 10.8 Å². The number of hydrogen-bond donors (Lipinski definition) is 3. The molecule has 0 atom stereocenters. The number of thioether (sulfide) groups is 1. The van der Waals surface area contributed by atoms with E-state index in [2.05, 4.69) is 15.8 Å². The Morgan fingerprint density at radius 2 is 2.05 bits per heavy atom. The Balaban J connectivity index is 2.72. The molecule has 0 radical (unpaired) electrons. The zero-order chi connectivity index (χ0) is 15.0. The third kappa shape index (κ3) is 6.53. The van der Waals surface area contributed by atoms with Crippen LogP contribution in [0.5, 0.6) is 0 Å². The van der Waals surface area contributed by atoms with E-state index in [0.717, 1.165) is 5.56 Å². The number of rotatable bonds is 5. The fourth-order valence-electron chi connectivity index (χ4n) is 1.34. The van der Waals surface area contributed by atoms with Crippen LogP contribution in [-0.2, 0) is 0 Å². The number of carbonyl (C=O) groups is 1. The van der Waals surface area contributed by atoms with Gasteiger partial charge in [0.2, 0.25) is 0 Å². The first kappa shape index (κ1) is 16.5. The van der Waals surface area contributed by atoms with E-state index in [9.17, 15) is 4.79 Å². The molecule has 7 heteroatoms. The van der Waals surface area contributed by atoms with Crippen LogP contribution in [0.15, 0.2) is 35.4 Å². The molecular formula is C13H18N4OS2. The molecule has 5 nitrogen and oxygen atoms in total. The SMILES string of the molecule is CC(C)NC(=S)SCC(=NNC(N)=O)c1ccccc1. The van der Waals surface area contributed by atoms with Gasteiger partial charge >= 0.3 is 6.03 Å². The highest BCUT2D eigenvalue weighted by atomic mass is 32.2. The lowest BCUT2D eigenvalue weighted by Crippen LogP contribution is -2.28. The lowest BCUT2D eigenvalue weighted by atomic mass is 10.1. The molecule has 2 amide bonds. The van der Waals surface area contributed by atoms with Crippen molar-refractivity contribution in [3.05, 3.63) is 35.9 Å². The van der Waals surface area contributed by atoms with Crippen LogP contribution >= 0.6 is 24.0 Å². The second-order valence-corrected chi connectivity index (χ2v) is 5.93. The van der Waals surface area contributed by atoms with Crippen LogP contribution in [0, 0.1) is 0 Å². The van der Waals surface area contributed by atoms with Gasteiger partial charge in [0.15, 0.2) is 0 Å². The quantitative estimate of drug-likeness (QED) is 0.442. The summed E-state index contributed by atoms with van der Waals surface area (Å²) in [6, 6.07) is 9.17. The Kier molecular flexibility index (Phi) is 7.03. The summed E-state index contributed by atoms with van der Waals surface area (Å²) >= 11 is 6.68. The van der Waals surface area contributed by atoms with Gasteiger partial charge in [0.05, 0.1) is 5.71 Å². The van der Waals surface area contributed by atoms with Gasteiger partial charge in [0, 0.05) is 11.8 Å². The number of primary amides is 1. The molecule has 0 unspecified atom stereocenters. The van der Waals surface area contributed by atoms with Crippen LogP contribution < -0.4 is 16.5 Å². The second kappa shape index (κ2) is 8.55. The monoisotopic (exact) mass is 310 g/mol. The molecule has 0 saturated heterocycles. The average molecular weight is 310 g/mol. The third-order valence-electron chi connectivity index (χ3n) is 2.15. The van der Waals surface area contributed by atoms with E-state index < -0.39 is 6.03 Å². The Morgan fingerprint density at radius 3 is 2.60 bits per heavy atom. The predicted molar refractivity (Wildman–Crippen MR) is 89.0 cm³/mol. The Labute approximate surface area is 128 Å². The molecule has 20 heavy (non-hydrogen) atoms. The summed E-state index contributed by atoms with van der Waals surface area (Å²) in [4.78, 5) is 10.8. The highest BCUT2D eigenvalue weighted by molar-refractivity contribution is 8.23. The molecule has 0 fully saturated rings. The van der Waals surface area contributed by atoms with Gasteiger partial charge in [-0.1, -0.05) is 54.3 Å². The van der Waals surface area contributed by atoms with Gasteiger partial charge in [-0.15, -0.1) is 0 Å². The Morgan fingerprint density at radius 1 is 1.40 bits per heavy atom. The molecule has 0 bridgehead atoms. The van der Waals surface area contributed by atoms with Gasteiger partial charge in [-0.2, -0.15) is 5.10 Å². The average Bonchev–Trinajstić information content (AvgIpc) is 2.38. The van der Waals surface area contributed by atoms with Crippen molar-refractivity contribution in [2.75, 3.05) is 5.75 Å². The molecule has 1 aromatic rings. The minimum atomic E-state index is -0.689. The topological polar surface area (TPSA) is 79.5 Å². The molecule has 0 aliphatic carbocycles. The minimum Gasteiger partial charge on any atom is -0.369 e. The van der Waals surface area contributed by atoms with E-state index >= 15 is 0 Å². The van der Waals surface area contributed by atoms with E-state index in [-0.39, 0.29) is 6.04 Å². The summed E-state index contributed by atoms with van der Waals surface area (Å²) in [5, 5.41) is 7.17. The standard InChI is InChI=1S/C13H18N4OS2/c1-9(2)15-13(19)20-8-11(16-17-12(14)18)10-6-4-3-5-7-10/h3-7,9H,8H2,1-2H3,(H,15,19)(H3,14,17,18). The number of hydrogen-bond acceptors (Lipinski definition) is 4. The molecule has 108 valence electrons. The molecule has 1 aromatic carbocycles. The summed E-state index contributed by atoms with van der Waals surface area (Å²) in [5.74, 6) is 0.544. The number of urea groups is 1. The zero-order valence-corrected chi connectivity index (χ0v) is 13.1. The fraction of sp³-hybridized carbons (Fsp3) is 0.308. The molecule has 0 spiro atoms. The van der Waals surface area contributed by atoms with Gasteiger partial charge in [-0.05, 0) is 19.4 Å². The van der Waals surface area contributed by atoms with Crippen LogP contribution in [0.2, 0.25) is 0 Å². The predicted octanol–water partition coefficient (Wildman–Crippen LogP) is 2.08. The van der Waals surface area contributed by atoms with Crippen LogP contribution in [0.3, 0.4) is 0 Å². The number of nitrogens with two attached hydrogens (primary N) is 1. The second-order valence-electron chi connectivity index (χ2n) is 4.28. The number of carbonyl (C=O) groups excluding carboxylic acids is 1. The van der Waals surface area contributed by atoms with Crippen molar-refractivity contribution in [1.82, 2.24) is 10.7 Å². The number of thiocarbonyl (C=S) groups is 1. The van der Waals surface area contributed by atoms with Gasteiger partial charge in [0.25, 0.3) is 0 Å². The van der Waals surface area contributed by atoms with Crippen LogP contribution in [-0.4, -0.2) is 27.9 Å².